The molecule has 0 bridgehead atoms. The van der Waals surface area contributed by atoms with E-state index in [4.69, 9.17) is 5.73 Å². The molecule has 6 heteroatoms. The SMILES string of the molecule is CC(N)CCc1nn2c(C3CCCCC3)nnc2s1. The summed E-state index contributed by atoms with van der Waals surface area (Å²) in [6.07, 6.45) is 8.34. The molecule has 5 nitrogen and oxygen atoms in total. The molecule has 3 rings (SSSR count). The minimum atomic E-state index is 0.229. The molecule has 2 aromatic heterocycles. The molecule has 2 N–H and O–H groups in total. The Hall–Kier alpha value is -1.01. The van der Waals surface area contributed by atoms with Crippen molar-refractivity contribution in [3.05, 3.63) is 10.8 Å². The molecule has 0 saturated heterocycles. The molecule has 1 aliphatic carbocycles. The minimum Gasteiger partial charge on any atom is -0.328 e. The smallest absolute Gasteiger partial charge is 0.234 e. The van der Waals surface area contributed by atoms with Gasteiger partial charge >= 0.3 is 0 Å². The normalized spacial score (nSPS) is 19.1. The van der Waals surface area contributed by atoms with E-state index < -0.39 is 0 Å². The van der Waals surface area contributed by atoms with Crippen LogP contribution in [-0.2, 0) is 6.42 Å². The molecule has 1 fully saturated rings. The van der Waals surface area contributed by atoms with Crippen molar-refractivity contribution >= 4 is 16.3 Å². The molecular formula is C13H21N5S. The van der Waals surface area contributed by atoms with Crippen molar-refractivity contribution in [2.24, 2.45) is 5.73 Å². The van der Waals surface area contributed by atoms with E-state index in [2.05, 4.69) is 15.3 Å². The van der Waals surface area contributed by atoms with Crippen LogP contribution in [0.15, 0.2) is 0 Å². The summed E-state index contributed by atoms with van der Waals surface area (Å²) in [5.74, 6) is 1.62. The first kappa shape index (κ1) is 13.0. The molecule has 2 heterocycles. The average Bonchev–Trinajstić information content (AvgIpc) is 2.96. The van der Waals surface area contributed by atoms with E-state index in [1.165, 1.54) is 32.1 Å². The molecule has 2 aromatic rings. The van der Waals surface area contributed by atoms with Crippen LogP contribution in [0.2, 0.25) is 0 Å². The lowest BCUT2D eigenvalue weighted by Gasteiger charge is -2.18. The summed E-state index contributed by atoms with van der Waals surface area (Å²) in [5.41, 5.74) is 5.80. The maximum Gasteiger partial charge on any atom is 0.234 e. The molecule has 104 valence electrons. The highest BCUT2D eigenvalue weighted by atomic mass is 32.1. The fourth-order valence-electron chi connectivity index (χ4n) is 2.74. The van der Waals surface area contributed by atoms with Crippen LogP contribution in [0.4, 0.5) is 0 Å². The minimum absolute atomic E-state index is 0.229. The fraction of sp³-hybridized carbons (Fsp3) is 0.769. The third kappa shape index (κ3) is 2.79. The zero-order valence-corrected chi connectivity index (χ0v) is 12.2. The number of hydrogen-bond donors (Lipinski definition) is 1. The van der Waals surface area contributed by atoms with Gasteiger partial charge < -0.3 is 5.73 Å². The Bertz CT molecular complexity index is 538. The number of nitrogens with two attached hydrogens (primary N) is 1. The van der Waals surface area contributed by atoms with Crippen molar-refractivity contribution in [2.75, 3.05) is 0 Å². The van der Waals surface area contributed by atoms with Gasteiger partial charge in [-0.1, -0.05) is 30.6 Å². The second-order valence-corrected chi connectivity index (χ2v) is 6.64. The van der Waals surface area contributed by atoms with Gasteiger partial charge in [-0.15, -0.1) is 10.2 Å². The van der Waals surface area contributed by atoms with Crippen LogP contribution in [0.25, 0.3) is 4.96 Å². The van der Waals surface area contributed by atoms with Gasteiger partial charge in [-0.05, 0) is 26.2 Å². The van der Waals surface area contributed by atoms with Crippen LogP contribution >= 0.6 is 11.3 Å². The Kier molecular flexibility index (Phi) is 3.79. The van der Waals surface area contributed by atoms with Gasteiger partial charge in [0.25, 0.3) is 0 Å². The first-order valence-electron chi connectivity index (χ1n) is 7.20. The summed E-state index contributed by atoms with van der Waals surface area (Å²) in [6.45, 7) is 2.04. The zero-order valence-electron chi connectivity index (χ0n) is 11.4. The Morgan fingerprint density at radius 3 is 2.84 bits per heavy atom. The standard InChI is InChI=1S/C13H21N5S/c1-9(14)7-8-11-17-18-12(15-16-13(18)19-11)10-5-3-2-4-6-10/h9-10H,2-8,14H2,1H3. The van der Waals surface area contributed by atoms with Gasteiger partial charge in [0.2, 0.25) is 4.96 Å². The molecule has 0 aromatic carbocycles. The Labute approximate surface area is 117 Å². The summed E-state index contributed by atoms with van der Waals surface area (Å²) < 4.78 is 1.97. The van der Waals surface area contributed by atoms with Crippen LogP contribution in [0.1, 0.15) is 62.2 Å². The molecule has 1 saturated carbocycles. The van der Waals surface area contributed by atoms with Gasteiger partial charge in [0.1, 0.15) is 5.01 Å². The second kappa shape index (κ2) is 5.54. The predicted octanol–water partition coefficient (Wildman–Crippen LogP) is 2.51. The summed E-state index contributed by atoms with van der Waals surface area (Å²) >= 11 is 1.65. The van der Waals surface area contributed by atoms with Crippen molar-refractivity contribution in [1.29, 1.82) is 0 Å². The largest absolute Gasteiger partial charge is 0.328 e. The van der Waals surface area contributed by atoms with Crippen LogP contribution in [0.5, 0.6) is 0 Å². The van der Waals surface area contributed by atoms with E-state index >= 15 is 0 Å². The van der Waals surface area contributed by atoms with Crippen LogP contribution in [-0.4, -0.2) is 25.9 Å². The summed E-state index contributed by atoms with van der Waals surface area (Å²) in [6, 6.07) is 0.229. The quantitative estimate of drug-likeness (QED) is 0.933. The van der Waals surface area contributed by atoms with Crippen LogP contribution < -0.4 is 5.73 Å². The maximum absolute atomic E-state index is 5.80. The van der Waals surface area contributed by atoms with E-state index in [0.29, 0.717) is 5.92 Å². The second-order valence-electron chi connectivity index (χ2n) is 5.60. The molecule has 0 radical (unpaired) electrons. The molecular weight excluding hydrogens is 258 g/mol. The Balaban J connectivity index is 1.81. The van der Waals surface area contributed by atoms with E-state index in [9.17, 15) is 0 Å². The predicted molar refractivity (Wildman–Crippen MR) is 76.5 cm³/mol. The molecule has 1 atom stereocenters. The van der Waals surface area contributed by atoms with Crippen molar-refractivity contribution < 1.29 is 0 Å². The molecule has 0 spiro atoms. The Morgan fingerprint density at radius 2 is 2.11 bits per heavy atom. The molecule has 0 amide bonds. The summed E-state index contributed by atoms with van der Waals surface area (Å²) in [5, 5.41) is 14.4. The van der Waals surface area contributed by atoms with Gasteiger partial charge in [0.05, 0.1) is 0 Å². The van der Waals surface area contributed by atoms with Crippen LogP contribution in [0, 0.1) is 0 Å². The molecule has 1 unspecified atom stereocenters. The average molecular weight is 279 g/mol. The van der Waals surface area contributed by atoms with E-state index in [-0.39, 0.29) is 6.04 Å². The lowest BCUT2D eigenvalue weighted by atomic mass is 9.89. The van der Waals surface area contributed by atoms with Gasteiger partial charge in [0, 0.05) is 18.4 Å². The van der Waals surface area contributed by atoms with Gasteiger partial charge in [-0.3, -0.25) is 0 Å². The highest BCUT2D eigenvalue weighted by Gasteiger charge is 2.22. The van der Waals surface area contributed by atoms with Gasteiger partial charge in [-0.2, -0.15) is 9.61 Å². The van der Waals surface area contributed by atoms with Crippen molar-refractivity contribution in [3.63, 3.8) is 0 Å². The number of rotatable bonds is 4. The third-order valence-electron chi connectivity index (χ3n) is 3.84. The number of aryl methyl sites for hydroxylation is 1. The topological polar surface area (TPSA) is 69.1 Å². The number of aromatic nitrogens is 4. The number of hydrogen-bond acceptors (Lipinski definition) is 5. The van der Waals surface area contributed by atoms with Crippen molar-refractivity contribution in [2.45, 2.75) is 63.8 Å². The molecule has 19 heavy (non-hydrogen) atoms. The fourth-order valence-corrected chi connectivity index (χ4v) is 3.59. The molecule has 1 aliphatic rings. The van der Waals surface area contributed by atoms with E-state index in [1.807, 2.05) is 11.4 Å². The number of nitrogens with zero attached hydrogens (tertiary/aromatic N) is 4. The van der Waals surface area contributed by atoms with E-state index in [0.717, 1.165) is 28.6 Å². The van der Waals surface area contributed by atoms with Gasteiger partial charge in [-0.25, -0.2) is 0 Å². The highest BCUT2D eigenvalue weighted by Crippen LogP contribution is 2.32. The van der Waals surface area contributed by atoms with Crippen molar-refractivity contribution in [1.82, 2.24) is 19.8 Å². The monoisotopic (exact) mass is 279 g/mol. The van der Waals surface area contributed by atoms with Crippen molar-refractivity contribution in [3.8, 4) is 0 Å². The molecule has 0 aliphatic heterocycles. The zero-order chi connectivity index (χ0) is 13.2. The first-order chi connectivity index (χ1) is 9.24. The van der Waals surface area contributed by atoms with Gasteiger partial charge in [0.15, 0.2) is 5.82 Å². The lowest BCUT2D eigenvalue weighted by molar-refractivity contribution is 0.423. The van der Waals surface area contributed by atoms with E-state index in [1.54, 1.807) is 11.3 Å². The highest BCUT2D eigenvalue weighted by molar-refractivity contribution is 7.16. The summed E-state index contributed by atoms with van der Waals surface area (Å²) in [4.78, 5) is 0.931. The first-order valence-corrected chi connectivity index (χ1v) is 8.02. The Morgan fingerprint density at radius 1 is 1.32 bits per heavy atom. The third-order valence-corrected chi connectivity index (χ3v) is 4.80. The summed E-state index contributed by atoms with van der Waals surface area (Å²) in [7, 11) is 0. The lowest BCUT2D eigenvalue weighted by Crippen LogP contribution is -2.15. The van der Waals surface area contributed by atoms with Crippen LogP contribution in [0.3, 0.4) is 0 Å². The number of fused-ring (bicyclic) bond motifs is 1. The maximum atomic E-state index is 5.80.